The van der Waals surface area contributed by atoms with Crippen molar-refractivity contribution < 1.29 is 28.6 Å². The summed E-state index contributed by atoms with van der Waals surface area (Å²) in [5, 5.41) is 0. The van der Waals surface area contributed by atoms with Crippen molar-refractivity contribution in [2.75, 3.05) is 13.2 Å². The molecule has 0 amide bonds. The quantitative estimate of drug-likeness (QED) is 0.0262. The van der Waals surface area contributed by atoms with Gasteiger partial charge in [-0.3, -0.25) is 14.4 Å². The number of unbranched alkanes of at least 4 members (excludes halogenated alkanes) is 32. The van der Waals surface area contributed by atoms with Gasteiger partial charge in [-0.25, -0.2) is 0 Å². The lowest BCUT2D eigenvalue weighted by molar-refractivity contribution is -0.167. The van der Waals surface area contributed by atoms with E-state index < -0.39 is 6.10 Å². The summed E-state index contributed by atoms with van der Waals surface area (Å²) in [5.41, 5.74) is 0. The van der Waals surface area contributed by atoms with E-state index >= 15 is 0 Å². The molecule has 394 valence electrons. The molecule has 0 aromatic rings. The molecule has 1 atom stereocenters. The molecule has 0 saturated heterocycles. The van der Waals surface area contributed by atoms with Crippen LogP contribution in [0.15, 0.2) is 60.8 Å². The molecule has 6 heteroatoms. The van der Waals surface area contributed by atoms with Crippen molar-refractivity contribution in [1.29, 1.82) is 0 Å². The first-order valence-corrected chi connectivity index (χ1v) is 29.3. The van der Waals surface area contributed by atoms with E-state index in [4.69, 9.17) is 14.2 Å². The Morgan fingerprint density at radius 3 is 0.897 bits per heavy atom. The third kappa shape index (κ3) is 54.1. The highest BCUT2D eigenvalue weighted by Gasteiger charge is 2.19. The number of carbonyl (C=O) groups is 3. The molecule has 0 saturated carbocycles. The molecule has 0 rings (SSSR count). The van der Waals surface area contributed by atoms with Crippen molar-refractivity contribution in [3.63, 3.8) is 0 Å². The number of hydrogen-bond acceptors (Lipinski definition) is 6. The summed E-state index contributed by atoms with van der Waals surface area (Å²) in [6.07, 6.45) is 71.2. The molecule has 68 heavy (non-hydrogen) atoms. The van der Waals surface area contributed by atoms with Crippen LogP contribution in [0.2, 0.25) is 0 Å². The zero-order valence-corrected chi connectivity index (χ0v) is 45.1. The van der Waals surface area contributed by atoms with Crippen LogP contribution in [-0.4, -0.2) is 37.2 Å². The Hall–Kier alpha value is -2.89. The third-order valence-electron chi connectivity index (χ3n) is 12.8. The molecule has 0 heterocycles. The van der Waals surface area contributed by atoms with Gasteiger partial charge in [-0.05, 0) is 64.2 Å². The van der Waals surface area contributed by atoms with Crippen LogP contribution in [0.4, 0.5) is 0 Å². The van der Waals surface area contributed by atoms with E-state index in [1.165, 1.54) is 167 Å². The summed E-state index contributed by atoms with van der Waals surface area (Å²) in [6, 6.07) is 0. The summed E-state index contributed by atoms with van der Waals surface area (Å²) >= 11 is 0. The van der Waals surface area contributed by atoms with Crippen molar-refractivity contribution in [2.24, 2.45) is 0 Å². The summed E-state index contributed by atoms with van der Waals surface area (Å²) < 4.78 is 16.7. The normalized spacial score (nSPS) is 12.5. The molecule has 0 spiro atoms. The van der Waals surface area contributed by atoms with Gasteiger partial charge in [0.25, 0.3) is 0 Å². The molecular weight excluding hydrogens is 841 g/mol. The molecular formula is C62H110O6. The lowest BCUT2D eigenvalue weighted by atomic mass is 10.0. The molecule has 0 radical (unpaired) electrons. The van der Waals surface area contributed by atoms with Crippen LogP contribution >= 0.6 is 0 Å². The molecule has 0 aliphatic carbocycles. The SMILES string of the molecule is CC/C=C\C/C=C\C/C=C\C/C=C\C/C=C\CCCCCCCCCCCCCCCCCCCC(=O)OCC(COC(=O)CCCCCCCCCC)OC(=O)CCCCCCCCCCC. The largest absolute Gasteiger partial charge is 0.462 e. The highest BCUT2D eigenvalue weighted by molar-refractivity contribution is 5.71. The zero-order valence-electron chi connectivity index (χ0n) is 45.1. The number of hydrogen-bond donors (Lipinski definition) is 0. The van der Waals surface area contributed by atoms with Gasteiger partial charge in [0.1, 0.15) is 13.2 Å². The Labute approximate surface area is 421 Å². The maximum atomic E-state index is 12.7. The number of allylic oxidation sites excluding steroid dienone is 10. The van der Waals surface area contributed by atoms with E-state index in [2.05, 4.69) is 81.5 Å². The van der Waals surface area contributed by atoms with Crippen LogP contribution in [0, 0.1) is 0 Å². The summed E-state index contributed by atoms with van der Waals surface area (Å²) in [4.78, 5) is 37.8. The predicted octanol–water partition coefficient (Wildman–Crippen LogP) is 19.6. The second kappa shape index (κ2) is 56.7. The monoisotopic (exact) mass is 951 g/mol. The van der Waals surface area contributed by atoms with E-state index in [0.717, 1.165) is 89.9 Å². The topological polar surface area (TPSA) is 78.9 Å². The second-order valence-corrected chi connectivity index (χ2v) is 19.5. The molecule has 0 bridgehead atoms. The van der Waals surface area contributed by atoms with Crippen molar-refractivity contribution in [2.45, 2.75) is 303 Å². The van der Waals surface area contributed by atoms with Crippen LogP contribution in [-0.2, 0) is 28.6 Å². The first kappa shape index (κ1) is 65.1. The first-order chi connectivity index (χ1) is 33.5. The molecule has 6 nitrogen and oxygen atoms in total. The minimum atomic E-state index is -0.764. The third-order valence-corrected chi connectivity index (χ3v) is 12.8. The number of rotatable bonds is 53. The fourth-order valence-corrected chi connectivity index (χ4v) is 8.41. The van der Waals surface area contributed by atoms with Gasteiger partial charge in [-0.1, -0.05) is 274 Å². The maximum absolute atomic E-state index is 12.7. The average Bonchev–Trinajstić information content (AvgIpc) is 3.34. The van der Waals surface area contributed by atoms with Crippen molar-refractivity contribution in [3.05, 3.63) is 60.8 Å². The molecule has 0 aliphatic heterocycles. The molecule has 0 aromatic heterocycles. The lowest BCUT2D eigenvalue weighted by Gasteiger charge is -2.18. The lowest BCUT2D eigenvalue weighted by Crippen LogP contribution is -2.30. The summed E-state index contributed by atoms with van der Waals surface area (Å²) in [5.74, 6) is -0.865. The van der Waals surface area contributed by atoms with Crippen molar-refractivity contribution in [3.8, 4) is 0 Å². The number of carbonyl (C=O) groups excluding carboxylic acids is 3. The van der Waals surface area contributed by atoms with Crippen LogP contribution < -0.4 is 0 Å². The minimum Gasteiger partial charge on any atom is -0.462 e. The highest BCUT2D eigenvalue weighted by Crippen LogP contribution is 2.17. The second-order valence-electron chi connectivity index (χ2n) is 19.5. The van der Waals surface area contributed by atoms with E-state index in [0.29, 0.717) is 19.3 Å². The van der Waals surface area contributed by atoms with Crippen LogP contribution in [0.5, 0.6) is 0 Å². The molecule has 0 fully saturated rings. The maximum Gasteiger partial charge on any atom is 0.306 e. The van der Waals surface area contributed by atoms with Gasteiger partial charge in [0.2, 0.25) is 0 Å². The van der Waals surface area contributed by atoms with Gasteiger partial charge >= 0.3 is 17.9 Å². The molecule has 1 unspecified atom stereocenters. The Balaban J connectivity index is 3.93. The van der Waals surface area contributed by atoms with Crippen LogP contribution in [0.25, 0.3) is 0 Å². The fourth-order valence-electron chi connectivity index (χ4n) is 8.41. The van der Waals surface area contributed by atoms with E-state index in [9.17, 15) is 14.4 Å². The Kier molecular flexibility index (Phi) is 54.3. The van der Waals surface area contributed by atoms with Gasteiger partial charge in [0.05, 0.1) is 0 Å². The van der Waals surface area contributed by atoms with Gasteiger partial charge in [0.15, 0.2) is 6.10 Å². The average molecular weight is 952 g/mol. The standard InChI is InChI=1S/C62H110O6/c1-4-7-10-13-16-19-20-21-22-23-24-25-26-27-28-29-30-31-32-33-34-35-36-37-38-39-40-41-42-44-46-49-52-55-61(64)67-58-59(57-66-60(63)54-51-48-45-18-15-12-9-6-3)68-62(65)56-53-50-47-43-17-14-11-8-5-2/h7,10,16,19,21-22,24-25,27-28,59H,4-6,8-9,11-15,17-18,20,23,26,29-58H2,1-3H3/b10-7-,19-16-,22-21-,25-24-,28-27-. The van der Waals surface area contributed by atoms with Crippen molar-refractivity contribution >= 4 is 17.9 Å². The minimum absolute atomic E-state index is 0.0685. The number of esters is 3. The summed E-state index contributed by atoms with van der Waals surface area (Å²) in [6.45, 7) is 6.49. The van der Waals surface area contributed by atoms with Gasteiger partial charge in [0, 0.05) is 19.3 Å². The van der Waals surface area contributed by atoms with Crippen LogP contribution in [0.1, 0.15) is 297 Å². The van der Waals surface area contributed by atoms with Crippen LogP contribution in [0.3, 0.4) is 0 Å². The smallest absolute Gasteiger partial charge is 0.306 e. The van der Waals surface area contributed by atoms with Gasteiger partial charge < -0.3 is 14.2 Å². The summed E-state index contributed by atoms with van der Waals surface area (Å²) in [7, 11) is 0. The molecule has 0 N–H and O–H groups in total. The first-order valence-electron chi connectivity index (χ1n) is 29.3. The molecule has 0 aromatic carbocycles. The molecule has 0 aliphatic rings. The van der Waals surface area contributed by atoms with Crippen molar-refractivity contribution in [1.82, 2.24) is 0 Å². The predicted molar refractivity (Wildman–Crippen MR) is 293 cm³/mol. The van der Waals surface area contributed by atoms with E-state index in [-0.39, 0.29) is 31.1 Å². The Bertz CT molecular complexity index is 1230. The fraction of sp³-hybridized carbons (Fsp3) is 0.790. The zero-order chi connectivity index (χ0) is 49.3. The Morgan fingerprint density at radius 1 is 0.309 bits per heavy atom. The van der Waals surface area contributed by atoms with E-state index in [1.54, 1.807) is 0 Å². The highest BCUT2D eigenvalue weighted by atomic mass is 16.6. The van der Waals surface area contributed by atoms with E-state index in [1.807, 2.05) is 0 Å². The van der Waals surface area contributed by atoms with Gasteiger partial charge in [-0.2, -0.15) is 0 Å². The van der Waals surface area contributed by atoms with Gasteiger partial charge in [-0.15, -0.1) is 0 Å². The number of ether oxygens (including phenoxy) is 3. The Morgan fingerprint density at radius 2 is 0.574 bits per heavy atom.